The Kier molecular flexibility index (Phi) is 5.02. The van der Waals surface area contributed by atoms with Crippen LogP contribution in [0.1, 0.15) is 11.1 Å². The van der Waals surface area contributed by atoms with E-state index in [0.29, 0.717) is 21.2 Å². The number of hydrogen-bond donors (Lipinski definition) is 2. The van der Waals surface area contributed by atoms with Gasteiger partial charge in [0.05, 0.1) is 18.3 Å². The lowest BCUT2D eigenvalue weighted by atomic mass is 9.97. The zero-order chi connectivity index (χ0) is 18.8. The van der Waals surface area contributed by atoms with E-state index in [0.717, 1.165) is 0 Å². The van der Waals surface area contributed by atoms with E-state index in [1.54, 1.807) is 48.5 Å². The van der Waals surface area contributed by atoms with Crippen molar-refractivity contribution in [3.63, 3.8) is 0 Å². The lowest BCUT2D eigenvalue weighted by Gasteiger charge is -2.11. The molecule has 0 aliphatic carbocycles. The van der Waals surface area contributed by atoms with Gasteiger partial charge in [-0.05, 0) is 35.4 Å². The molecule has 0 saturated carbocycles. The quantitative estimate of drug-likeness (QED) is 0.467. The SMILES string of the molecule is COC(=N)C(=C1OC(N)=C(c2ccc(Cl)cc2)C1=O)c1ccc(Cl)cc1. The molecule has 2 aromatic carbocycles. The molecule has 0 saturated heterocycles. The third-order valence-corrected chi connectivity index (χ3v) is 4.32. The van der Waals surface area contributed by atoms with E-state index in [1.165, 1.54) is 7.11 Å². The molecule has 2 aromatic rings. The van der Waals surface area contributed by atoms with E-state index in [2.05, 4.69) is 0 Å². The summed E-state index contributed by atoms with van der Waals surface area (Å²) in [5.74, 6) is -0.762. The molecular formula is C19H14Cl2N2O3. The Balaban J connectivity index is 2.11. The molecular weight excluding hydrogens is 375 g/mol. The normalized spacial score (nSPS) is 15.7. The Morgan fingerprint density at radius 3 is 2.12 bits per heavy atom. The maximum atomic E-state index is 13.0. The van der Waals surface area contributed by atoms with Crippen LogP contribution in [0.4, 0.5) is 0 Å². The van der Waals surface area contributed by atoms with Crippen molar-refractivity contribution >= 4 is 46.0 Å². The molecule has 1 aliphatic rings. The smallest absolute Gasteiger partial charge is 0.235 e. The van der Waals surface area contributed by atoms with Gasteiger partial charge in [-0.3, -0.25) is 10.2 Å². The van der Waals surface area contributed by atoms with Crippen LogP contribution in [-0.4, -0.2) is 18.8 Å². The average Bonchev–Trinajstić information content (AvgIpc) is 2.92. The molecule has 3 N–H and O–H groups in total. The topological polar surface area (TPSA) is 85.4 Å². The summed E-state index contributed by atoms with van der Waals surface area (Å²) in [6, 6.07) is 13.3. The molecule has 3 rings (SSSR count). The summed E-state index contributed by atoms with van der Waals surface area (Å²) in [4.78, 5) is 13.0. The van der Waals surface area contributed by atoms with Gasteiger partial charge in [-0.25, -0.2) is 0 Å². The summed E-state index contributed by atoms with van der Waals surface area (Å²) in [6.07, 6.45) is 0. The summed E-state index contributed by atoms with van der Waals surface area (Å²) < 4.78 is 10.6. The number of hydrogen-bond acceptors (Lipinski definition) is 5. The van der Waals surface area contributed by atoms with E-state index in [9.17, 15) is 4.79 Å². The minimum atomic E-state index is -0.434. The summed E-state index contributed by atoms with van der Waals surface area (Å²) >= 11 is 11.8. The monoisotopic (exact) mass is 388 g/mol. The van der Waals surface area contributed by atoms with Gasteiger partial charge in [0.15, 0.2) is 5.76 Å². The van der Waals surface area contributed by atoms with Crippen molar-refractivity contribution in [2.75, 3.05) is 7.11 Å². The van der Waals surface area contributed by atoms with Crippen molar-refractivity contribution in [1.82, 2.24) is 0 Å². The second kappa shape index (κ2) is 7.23. The van der Waals surface area contributed by atoms with Gasteiger partial charge in [0, 0.05) is 10.0 Å². The molecule has 0 radical (unpaired) electrons. The van der Waals surface area contributed by atoms with Crippen LogP contribution < -0.4 is 5.73 Å². The van der Waals surface area contributed by atoms with Crippen molar-refractivity contribution in [3.05, 3.63) is 81.3 Å². The van der Waals surface area contributed by atoms with Gasteiger partial charge >= 0.3 is 0 Å². The van der Waals surface area contributed by atoms with Crippen LogP contribution in [0, 0.1) is 5.41 Å². The van der Waals surface area contributed by atoms with Gasteiger partial charge in [0.2, 0.25) is 17.6 Å². The molecule has 7 heteroatoms. The first-order chi connectivity index (χ1) is 12.4. The minimum absolute atomic E-state index is 0.0392. The number of benzene rings is 2. The zero-order valence-corrected chi connectivity index (χ0v) is 15.2. The molecule has 0 spiro atoms. The Morgan fingerprint density at radius 2 is 1.58 bits per heavy atom. The van der Waals surface area contributed by atoms with E-state index in [4.69, 9.17) is 43.8 Å². The number of methoxy groups -OCH3 is 1. The highest BCUT2D eigenvalue weighted by atomic mass is 35.5. The highest BCUT2D eigenvalue weighted by Crippen LogP contribution is 2.35. The molecule has 0 fully saturated rings. The third kappa shape index (κ3) is 3.31. The summed E-state index contributed by atoms with van der Waals surface area (Å²) in [5.41, 5.74) is 7.48. The van der Waals surface area contributed by atoms with Crippen LogP contribution in [0.2, 0.25) is 10.0 Å². The first-order valence-corrected chi connectivity index (χ1v) is 8.29. The lowest BCUT2D eigenvalue weighted by molar-refractivity contribution is -0.111. The molecule has 26 heavy (non-hydrogen) atoms. The predicted octanol–water partition coefficient (Wildman–Crippen LogP) is 4.25. The molecule has 0 bridgehead atoms. The number of nitrogens with one attached hydrogen (secondary N) is 1. The minimum Gasteiger partial charge on any atom is -0.481 e. The van der Waals surface area contributed by atoms with Crippen LogP contribution in [-0.2, 0) is 14.3 Å². The fourth-order valence-corrected chi connectivity index (χ4v) is 2.82. The standard InChI is InChI=1S/C19H14Cl2N2O3/c1-25-18(22)15(11-4-8-13(21)9-5-11)17-16(24)14(19(23)26-17)10-2-6-12(20)7-3-10/h2-9,22H,23H2,1H3. The van der Waals surface area contributed by atoms with Crippen LogP contribution >= 0.6 is 23.2 Å². The number of Topliss-reactive ketones (excluding diaryl/α,β-unsaturated/α-hetero) is 1. The van der Waals surface area contributed by atoms with Crippen LogP contribution in [0.15, 0.2) is 60.2 Å². The number of carbonyl (C=O) groups is 1. The number of ketones is 1. The van der Waals surface area contributed by atoms with Gasteiger partial charge in [0.25, 0.3) is 0 Å². The number of rotatable bonds is 3. The summed E-state index contributed by atoms with van der Waals surface area (Å²) in [6.45, 7) is 0. The van der Waals surface area contributed by atoms with Gasteiger partial charge in [-0.2, -0.15) is 0 Å². The van der Waals surface area contributed by atoms with Gasteiger partial charge in [0.1, 0.15) is 0 Å². The Bertz CT molecular complexity index is 946. The maximum Gasteiger partial charge on any atom is 0.235 e. The molecule has 0 aromatic heterocycles. The van der Waals surface area contributed by atoms with E-state index < -0.39 is 5.78 Å². The molecule has 0 atom stereocenters. The van der Waals surface area contributed by atoms with E-state index >= 15 is 0 Å². The van der Waals surface area contributed by atoms with Crippen LogP contribution in [0.3, 0.4) is 0 Å². The molecule has 0 unspecified atom stereocenters. The van der Waals surface area contributed by atoms with Gasteiger partial charge in [-0.1, -0.05) is 47.5 Å². The molecule has 5 nitrogen and oxygen atoms in total. The first-order valence-electron chi connectivity index (χ1n) is 7.53. The van der Waals surface area contributed by atoms with Crippen molar-refractivity contribution < 1.29 is 14.3 Å². The van der Waals surface area contributed by atoms with Crippen LogP contribution in [0.5, 0.6) is 0 Å². The first kappa shape index (κ1) is 18.0. The summed E-state index contributed by atoms with van der Waals surface area (Å²) in [5, 5.41) is 9.15. The second-order valence-electron chi connectivity index (χ2n) is 5.42. The second-order valence-corrected chi connectivity index (χ2v) is 6.29. The molecule has 132 valence electrons. The van der Waals surface area contributed by atoms with Gasteiger partial charge < -0.3 is 15.2 Å². The predicted molar refractivity (Wildman–Crippen MR) is 102 cm³/mol. The van der Waals surface area contributed by atoms with Gasteiger partial charge in [-0.15, -0.1) is 0 Å². The highest BCUT2D eigenvalue weighted by Gasteiger charge is 2.35. The largest absolute Gasteiger partial charge is 0.481 e. The average molecular weight is 389 g/mol. The number of carbonyl (C=O) groups excluding carboxylic acids is 1. The van der Waals surface area contributed by atoms with Crippen LogP contribution in [0.25, 0.3) is 11.1 Å². The third-order valence-electron chi connectivity index (χ3n) is 3.82. The van der Waals surface area contributed by atoms with Crippen molar-refractivity contribution in [3.8, 4) is 0 Å². The Hall–Kier alpha value is -2.76. The van der Waals surface area contributed by atoms with E-state index in [-0.39, 0.29) is 28.7 Å². The number of nitrogens with two attached hydrogens (primary N) is 1. The number of ether oxygens (including phenoxy) is 2. The maximum absolute atomic E-state index is 13.0. The zero-order valence-electron chi connectivity index (χ0n) is 13.7. The number of allylic oxidation sites excluding steroid dienone is 1. The Morgan fingerprint density at radius 1 is 1.04 bits per heavy atom. The van der Waals surface area contributed by atoms with Crippen molar-refractivity contribution in [1.29, 1.82) is 5.41 Å². The van der Waals surface area contributed by atoms with Crippen molar-refractivity contribution in [2.24, 2.45) is 5.73 Å². The fraction of sp³-hybridized carbons (Fsp3) is 0.0526. The van der Waals surface area contributed by atoms with E-state index in [1.807, 2.05) is 0 Å². The Labute approximate surface area is 160 Å². The molecule has 0 amide bonds. The molecule has 1 aliphatic heterocycles. The fourth-order valence-electron chi connectivity index (χ4n) is 2.57. The molecule has 1 heterocycles. The van der Waals surface area contributed by atoms with Crippen molar-refractivity contribution in [2.45, 2.75) is 0 Å². The number of halogens is 2. The highest BCUT2D eigenvalue weighted by molar-refractivity contribution is 6.37. The summed E-state index contributed by atoms with van der Waals surface area (Å²) in [7, 11) is 1.34. The lowest BCUT2D eigenvalue weighted by Crippen LogP contribution is -2.11.